The molecule has 7 aliphatic rings. The summed E-state index contributed by atoms with van der Waals surface area (Å²) in [5.74, 6) is -2.44. The van der Waals surface area contributed by atoms with E-state index in [1.165, 1.54) is 0 Å². The Kier molecular flexibility index (Phi) is 13.5. The lowest BCUT2D eigenvalue weighted by Gasteiger charge is -2.56. The van der Waals surface area contributed by atoms with Gasteiger partial charge in [-0.1, -0.05) is 96.1 Å². The Morgan fingerprint density at radius 3 is 2.14 bits per heavy atom. The molecule has 2 saturated heterocycles. The average Bonchev–Trinajstić information content (AvgIpc) is 3.50. The number of hydrogen-bond donors (Lipinski definition) is 4. The minimum Gasteiger partial charge on any atom is -0.482 e. The molecule has 3 aromatic carbocycles. The smallest absolute Gasteiger partial charge is 0.333 e. The number of rotatable bonds is 15. The second-order valence-electron chi connectivity index (χ2n) is 21.2. The third-order valence-corrected chi connectivity index (χ3v) is 15.3. The Morgan fingerprint density at radius 1 is 0.845 bits per heavy atom. The number of ketones is 2. The van der Waals surface area contributed by atoms with Gasteiger partial charge in [0.15, 0.2) is 22.8 Å². The number of carbonyl (C=O) groups excluding carboxylic acids is 3. The maximum absolute atomic E-state index is 15.9. The van der Waals surface area contributed by atoms with Crippen LogP contribution >= 0.6 is 0 Å². The molecule has 4 aliphatic heterocycles. The largest absolute Gasteiger partial charge is 0.482 e. The van der Waals surface area contributed by atoms with E-state index in [0.29, 0.717) is 36.1 Å². The molecule has 71 heavy (non-hydrogen) atoms. The van der Waals surface area contributed by atoms with Gasteiger partial charge in [-0.3, -0.25) is 9.59 Å². The molecule has 4 heterocycles. The number of benzene rings is 3. The van der Waals surface area contributed by atoms with Crippen LogP contribution in [0.2, 0.25) is 0 Å². The number of allylic oxidation sites excluding steroid dienone is 5. The maximum Gasteiger partial charge on any atom is 0.333 e. The summed E-state index contributed by atoms with van der Waals surface area (Å²) in [5, 5.41) is 43.1. The summed E-state index contributed by atoms with van der Waals surface area (Å²) in [6.07, 6.45) is 4.74. The quantitative estimate of drug-likeness (QED) is 0.0653. The van der Waals surface area contributed by atoms with Crippen LogP contribution in [0.5, 0.6) is 17.2 Å². The Bertz CT molecular complexity index is 2700. The Morgan fingerprint density at radius 2 is 1.51 bits per heavy atom. The second-order valence-corrected chi connectivity index (χ2v) is 21.2. The number of aliphatic hydroxyl groups is 4. The predicted octanol–water partition coefficient (Wildman–Crippen LogP) is 8.00. The first kappa shape index (κ1) is 50.3. The molecular formula is C58H66O13. The van der Waals surface area contributed by atoms with Crippen LogP contribution in [-0.4, -0.2) is 104 Å². The van der Waals surface area contributed by atoms with Crippen molar-refractivity contribution in [1.82, 2.24) is 0 Å². The highest BCUT2D eigenvalue weighted by atomic mass is 16.7. The van der Waals surface area contributed by atoms with Crippen LogP contribution in [0.25, 0.3) is 6.08 Å². The van der Waals surface area contributed by atoms with Crippen molar-refractivity contribution in [3.8, 4) is 17.2 Å². The second kappa shape index (κ2) is 19.1. The van der Waals surface area contributed by atoms with Crippen molar-refractivity contribution in [3.63, 3.8) is 0 Å². The summed E-state index contributed by atoms with van der Waals surface area (Å²) in [5.41, 5.74) is 0.123. The molecule has 0 aromatic heterocycles. The highest BCUT2D eigenvalue weighted by Gasteiger charge is 2.81. The fraction of sp³-hybridized carbons (Fsp3) is 0.466. The van der Waals surface area contributed by atoms with Gasteiger partial charge in [0.05, 0.1) is 17.8 Å². The van der Waals surface area contributed by atoms with Crippen molar-refractivity contribution in [1.29, 1.82) is 0 Å². The van der Waals surface area contributed by atoms with E-state index in [1.54, 1.807) is 19.1 Å². The molecule has 3 fully saturated rings. The number of esters is 1. The lowest BCUT2D eigenvalue weighted by atomic mass is 9.51. The van der Waals surface area contributed by atoms with E-state index < -0.39 is 83.3 Å². The third-order valence-electron chi connectivity index (χ3n) is 15.3. The van der Waals surface area contributed by atoms with Crippen molar-refractivity contribution in [2.24, 2.45) is 11.8 Å². The predicted molar refractivity (Wildman–Crippen MR) is 265 cm³/mol. The molecule has 13 nitrogen and oxygen atoms in total. The summed E-state index contributed by atoms with van der Waals surface area (Å²) >= 11 is 0. The van der Waals surface area contributed by atoms with Crippen LogP contribution in [0.15, 0.2) is 113 Å². The Labute approximate surface area is 415 Å². The Balaban J connectivity index is 1.16. The summed E-state index contributed by atoms with van der Waals surface area (Å²) in [6.45, 7) is 14.8. The number of hydrogen-bond acceptors (Lipinski definition) is 13. The first-order valence-electron chi connectivity index (χ1n) is 24.7. The van der Waals surface area contributed by atoms with E-state index >= 15 is 9.59 Å². The number of aliphatic hydroxyl groups excluding tert-OH is 4. The minimum atomic E-state index is -1.81. The lowest BCUT2D eigenvalue weighted by Crippen LogP contribution is -2.72. The zero-order valence-corrected chi connectivity index (χ0v) is 41.8. The van der Waals surface area contributed by atoms with E-state index in [4.69, 9.17) is 28.4 Å². The summed E-state index contributed by atoms with van der Waals surface area (Å²) in [4.78, 5) is 45.1. The molecule has 5 unspecified atom stereocenters. The molecular weight excluding hydrogens is 905 g/mol. The van der Waals surface area contributed by atoms with Gasteiger partial charge in [0.2, 0.25) is 6.29 Å². The molecule has 376 valence electrons. The van der Waals surface area contributed by atoms with Gasteiger partial charge >= 0.3 is 5.97 Å². The van der Waals surface area contributed by atoms with Crippen LogP contribution in [-0.2, 0) is 30.2 Å². The molecule has 13 heteroatoms. The monoisotopic (exact) mass is 970 g/mol. The van der Waals surface area contributed by atoms with E-state index in [2.05, 4.69) is 6.08 Å². The van der Waals surface area contributed by atoms with E-state index in [0.717, 1.165) is 22.3 Å². The molecule has 4 bridgehead atoms. The standard InChI is InChI=1S/C58H66O13/c1-32(2)16-15-25-56(8)26-24-39-49(69-56)38(22-21-33(3)4)51-44(50(39)68-54-48(63)47(62)46(61)42(30-59)67-54)45(60)41-28-37-29-43-55(6,7)71-57(52(37)64,58(41,43)70-51)27-23-34(5)53(65)66-31-40(35-17-11-9-12-18-35)36-19-13-10-14-20-36/h9-14,16-21,23-24,26,28,37,40,42-43,46-48,54,59,61-63H,15,22,25,27,29-31H2,1-8H3/b34-23-/t37?,42-,43?,46-,47-,48-,54+,56?,57?,58?/m1/s1. The minimum absolute atomic E-state index is 0.00910. The van der Waals surface area contributed by atoms with Crippen molar-refractivity contribution in [2.45, 2.75) is 147 Å². The van der Waals surface area contributed by atoms with Crippen LogP contribution in [0.3, 0.4) is 0 Å². The third kappa shape index (κ3) is 8.61. The van der Waals surface area contributed by atoms with Gasteiger partial charge in [-0.2, -0.15) is 0 Å². The first-order valence-corrected chi connectivity index (χ1v) is 24.7. The van der Waals surface area contributed by atoms with Gasteiger partial charge in [0, 0.05) is 40.9 Å². The van der Waals surface area contributed by atoms with Crippen molar-refractivity contribution in [3.05, 3.63) is 141 Å². The molecule has 1 saturated carbocycles. The van der Waals surface area contributed by atoms with E-state index in [-0.39, 0.29) is 59.4 Å². The van der Waals surface area contributed by atoms with Crippen LogP contribution in [0, 0.1) is 11.8 Å². The normalized spacial score (nSPS) is 30.9. The maximum atomic E-state index is 15.9. The SMILES string of the molecule is CC(C)=CCCC1(C)C=Cc2c(c(CC=C(C)C)c3c(c2O[C@@H]2O[C@H](CO)[C@@H](O)[C@@H](O)[C@H]2O)C(=O)C2=CC4CC5C(C)(C)OC(C/C=C(/C)C(=O)OCC(c6ccccc6)c6ccccc6)(C4=O)C25O3)O1. The van der Waals surface area contributed by atoms with Gasteiger partial charge < -0.3 is 48.8 Å². The molecule has 10 rings (SSSR count). The molecule has 3 aromatic rings. The molecule has 4 N–H and O–H groups in total. The van der Waals surface area contributed by atoms with E-state index in [1.807, 2.05) is 127 Å². The lowest BCUT2D eigenvalue weighted by molar-refractivity contribution is -0.277. The highest BCUT2D eigenvalue weighted by Crippen LogP contribution is 2.69. The summed E-state index contributed by atoms with van der Waals surface area (Å²) < 4.78 is 40.1. The fourth-order valence-electron chi connectivity index (χ4n) is 11.6. The number of fused-ring (bicyclic) bond motifs is 2. The number of carbonyl (C=O) groups is 3. The van der Waals surface area contributed by atoms with Gasteiger partial charge in [-0.15, -0.1) is 0 Å². The molecule has 3 aliphatic carbocycles. The van der Waals surface area contributed by atoms with Gasteiger partial charge in [0.1, 0.15) is 59.4 Å². The summed E-state index contributed by atoms with van der Waals surface area (Å²) in [6, 6.07) is 19.7. The molecule has 10 atom stereocenters. The van der Waals surface area contributed by atoms with Gasteiger partial charge in [-0.05, 0) is 104 Å². The van der Waals surface area contributed by atoms with Crippen LogP contribution in [0.1, 0.15) is 120 Å². The van der Waals surface area contributed by atoms with Crippen molar-refractivity contribution in [2.75, 3.05) is 13.2 Å². The van der Waals surface area contributed by atoms with Gasteiger partial charge in [-0.25, -0.2) is 4.79 Å². The number of ether oxygens (including phenoxy) is 6. The molecule has 0 radical (unpaired) electrons. The average molecular weight is 971 g/mol. The fourth-order valence-corrected chi connectivity index (χ4v) is 11.6. The first-order chi connectivity index (χ1) is 33.8. The van der Waals surface area contributed by atoms with Crippen LogP contribution in [0.4, 0.5) is 0 Å². The zero-order chi connectivity index (χ0) is 50.8. The van der Waals surface area contributed by atoms with Crippen molar-refractivity contribution >= 4 is 23.6 Å². The van der Waals surface area contributed by atoms with E-state index in [9.17, 15) is 25.2 Å². The Hall–Kier alpha value is -5.67. The number of Topliss-reactive ketones (excluding diaryl/α,β-unsaturated/α-hetero) is 2. The van der Waals surface area contributed by atoms with Crippen molar-refractivity contribution < 1.29 is 63.2 Å². The topological polar surface area (TPSA) is 188 Å². The molecule has 0 amide bonds. The van der Waals surface area contributed by atoms with Crippen LogP contribution < -0.4 is 14.2 Å². The summed E-state index contributed by atoms with van der Waals surface area (Å²) in [7, 11) is 0. The zero-order valence-electron chi connectivity index (χ0n) is 41.8. The van der Waals surface area contributed by atoms with Gasteiger partial charge in [0.25, 0.3) is 0 Å². The molecule has 1 spiro atoms. The highest BCUT2D eigenvalue weighted by molar-refractivity contribution is 6.19.